The number of anilines is 1. The molecular formula is C24H24N4O3S2. The number of rotatable bonds is 9. The van der Waals surface area contributed by atoms with Crippen molar-refractivity contribution in [2.45, 2.75) is 12.8 Å². The van der Waals surface area contributed by atoms with Crippen LogP contribution in [-0.2, 0) is 16.0 Å². The summed E-state index contributed by atoms with van der Waals surface area (Å²) in [7, 11) is 1.64. The maximum Gasteiger partial charge on any atom is 0.267 e. The van der Waals surface area contributed by atoms with Crippen molar-refractivity contribution in [2.24, 2.45) is 0 Å². The number of aromatic nitrogens is 2. The van der Waals surface area contributed by atoms with Gasteiger partial charge in [-0.2, -0.15) is 0 Å². The van der Waals surface area contributed by atoms with E-state index in [0.717, 1.165) is 12.0 Å². The van der Waals surface area contributed by atoms with Crippen LogP contribution in [0.15, 0.2) is 64.4 Å². The van der Waals surface area contributed by atoms with E-state index in [1.165, 1.54) is 16.2 Å². The van der Waals surface area contributed by atoms with Gasteiger partial charge in [0.25, 0.3) is 11.5 Å². The second-order valence-corrected chi connectivity index (χ2v) is 9.13. The summed E-state index contributed by atoms with van der Waals surface area (Å²) in [5.41, 5.74) is 1.75. The Morgan fingerprint density at radius 3 is 2.73 bits per heavy atom. The van der Waals surface area contributed by atoms with E-state index in [4.69, 9.17) is 17.0 Å². The third kappa shape index (κ3) is 5.32. The molecule has 1 aliphatic rings. The molecule has 4 rings (SSSR count). The second kappa shape index (κ2) is 10.7. The number of pyridine rings is 1. The SMILES string of the molecule is COCCCNc1nc2ccccn2c(=O)c1/C=C1\SC(=S)N(CCc2ccccc2)C1=O. The van der Waals surface area contributed by atoms with Crippen LogP contribution in [0.4, 0.5) is 5.82 Å². The number of amides is 1. The van der Waals surface area contributed by atoms with Crippen molar-refractivity contribution in [3.8, 4) is 0 Å². The lowest BCUT2D eigenvalue weighted by atomic mass is 10.1. The van der Waals surface area contributed by atoms with Crippen LogP contribution in [0.25, 0.3) is 11.7 Å². The largest absolute Gasteiger partial charge is 0.385 e. The molecule has 1 amide bonds. The van der Waals surface area contributed by atoms with Crippen LogP contribution >= 0.6 is 24.0 Å². The molecule has 0 aliphatic carbocycles. The minimum atomic E-state index is -0.246. The molecule has 0 spiro atoms. The summed E-state index contributed by atoms with van der Waals surface area (Å²) in [4.78, 5) is 33.0. The summed E-state index contributed by atoms with van der Waals surface area (Å²) in [5.74, 6) is 0.251. The van der Waals surface area contributed by atoms with Crippen LogP contribution in [0, 0.1) is 0 Å². The van der Waals surface area contributed by atoms with Crippen LogP contribution in [0.3, 0.4) is 0 Å². The van der Waals surface area contributed by atoms with E-state index in [1.807, 2.05) is 36.4 Å². The first kappa shape index (κ1) is 23.2. The molecular weight excluding hydrogens is 456 g/mol. The predicted octanol–water partition coefficient (Wildman–Crippen LogP) is 3.59. The van der Waals surface area contributed by atoms with Gasteiger partial charge in [0.2, 0.25) is 0 Å². The summed E-state index contributed by atoms with van der Waals surface area (Å²) in [6, 6.07) is 15.3. The van der Waals surface area contributed by atoms with Gasteiger partial charge in [0.1, 0.15) is 15.8 Å². The van der Waals surface area contributed by atoms with E-state index in [0.29, 0.717) is 52.4 Å². The van der Waals surface area contributed by atoms with E-state index in [-0.39, 0.29) is 11.5 Å². The smallest absolute Gasteiger partial charge is 0.267 e. The van der Waals surface area contributed by atoms with Gasteiger partial charge in [-0.1, -0.05) is 60.4 Å². The van der Waals surface area contributed by atoms with E-state index in [1.54, 1.807) is 36.4 Å². The topological polar surface area (TPSA) is 75.9 Å². The molecule has 1 aliphatic heterocycles. The number of hydrogen-bond acceptors (Lipinski definition) is 7. The molecule has 1 aromatic carbocycles. The molecule has 170 valence electrons. The number of fused-ring (bicyclic) bond motifs is 1. The molecule has 7 nitrogen and oxygen atoms in total. The van der Waals surface area contributed by atoms with E-state index >= 15 is 0 Å². The van der Waals surface area contributed by atoms with Gasteiger partial charge in [0.15, 0.2) is 0 Å². The summed E-state index contributed by atoms with van der Waals surface area (Å²) in [5, 5.41) is 3.22. The van der Waals surface area contributed by atoms with Gasteiger partial charge in [0, 0.05) is 33.0 Å². The summed E-state index contributed by atoms with van der Waals surface area (Å²) in [6.07, 6.45) is 4.73. The standard InChI is InChI=1S/C24H24N4O3S2/c1-31-15-7-12-25-21-18(22(29)27-13-6-5-10-20(27)26-21)16-19-23(30)28(24(32)33-19)14-11-17-8-3-2-4-9-17/h2-6,8-10,13,16,25H,7,11-12,14-15H2,1H3/b19-16-. The zero-order valence-electron chi connectivity index (χ0n) is 18.2. The predicted molar refractivity (Wildman–Crippen MR) is 136 cm³/mol. The maximum absolute atomic E-state index is 13.3. The maximum atomic E-state index is 13.3. The minimum absolute atomic E-state index is 0.191. The Hall–Kier alpha value is -3.01. The van der Waals surface area contributed by atoms with Gasteiger partial charge in [-0.15, -0.1) is 0 Å². The van der Waals surface area contributed by atoms with Gasteiger partial charge < -0.3 is 10.1 Å². The first-order chi connectivity index (χ1) is 16.1. The number of nitrogens with one attached hydrogen (secondary N) is 1. The van der Waals surface area contributed by atoms with Gasteiger partial charge in [0.05, 0.1) is 10.5 Å². The Balaban J connectivity index is 1.62. The second-order valence-electron chi connectivity index (χ2n) is 7.45. The number of hydrogen-bond donors (Lipinski definition) is 1. The molecule has 33 heavy (non-hydrogen) atoms. The quantitative estimate of drug-likeness (QED) is 0.285. The zero-order chi connectivity index (χ0) is 23.2. The highest BCUT2D eigenvalue weighted by Gasteiger charge is 2.32. The zero-order valence-corrected chi connectivity index (χ0v) is 19.8. The average molecular weight is 481 g/mol. The lowest BCUT2D eigenvalue weighted by Gasteiger charge is -2.14. The highest BCUT2D eigenvalue weighted by Crippen LogP contribution is 2.33. The summed E-state index contributed by atoms with van der Waals surface area (Å²) in [6.45, 7) is 1.67. The van der Waals surface area contributed by atoms with Crippen LogP contribution < -0.4 is 10.9 Å². The average Bonchev–Trinajstić information content (AvgIpc) is 3.10. The fourth-order valence-corrected chi connectivity index (χ4v) is 4.79. The first-order valence-corrected chi connectivity index (χ1v) is 11.8. The molecule has 0 bridgehead atoms. The first-order valence-electron chi connectivity index (χ1n) is 10.6. The summed E-state index contributed by atoms with van der Waals surface area (Å²) >= 11 is 6.68. The Labute approximate surface area is 201 Å². The fourth-order valence-electron chi connectivity index (χ4n) is 3.50. The van der Waals surface area contributed by atoms with Crippen LogP contribution in [0.1, 0.15) is 17.5 Å². The monoisotopic (exact) mass is 480 g/mol. The third-order valence-electron chi connectivity index (χ3n) is 5.20. The summed E-state index contributed by atoms with van der Waals surface area (Å²) < 4.78 is 7.06. The molecule has 1 N–H and O–H groups in total. The molecule has 2 aromatic heterocycles. The Morgan fingerprint density at radius 1 is 1.15 bits per heavy atom. The molecule has 3 aromatic rings. The Kier molecular flexibility index (Phi) is 7.54. The number of carbonyl (C=O) groups is 1. The van der Waals surface area contributed by atoms with Crippen molar-refractivity contribution < 1.29 is 9.53 Å². The highest BCUT2D eigenvalue weighted by molar-refractivity contribution is 8.26. The molecule has 9 heteroatoms. The number of ether oxygens (including phenoxy) is 1. The normalized spacial score (nSPS) is 15.1. The molecule has 1 fully saturated rings. The molecule has 0 radical (unpaired) electrons. The Bertz CT molecular complexity index is 1260. The number of carbonyl (C=O) groups excluding carboxylic acids is 1. The number of nitrogens with zero attached hydrogens (tertiary/aromatic N) is 3. The highest BCUT2D eigenvalue weighted by atomic mass is 32.2. The lowest BCUT2D eigenvalue weighted by Crippen LogP contribution is -2.30. The van der Waals surface area contributed by atoms with E-state index < -0.39 is 0 Å². The fraction of sp³-hybridized carbons (Fsp3) is 0.250. The van der Waals surface area contributed by atoms with Crippen molar-refractivity contribution in [1.29, 1.82) is 0 Å². The van der Waals surface area contributed by atoms with E-state index in [2.05, 4.69) is 10.3 Å². The number of benzene rings is 1. The van der Waals surface area contributed by atoms with Crippen molar-refractivity contribution >= 4 is 51.7 Å². The number of thiocarbonyl (C=S) groups is 1. The number of thioether (sulfide) groups is 1. The van der Waals surface area contributed by atoms with Crippen molar-refractivity contribution in [3.05, 3.63) is 81.1 Å². The molecule has 0 atom stereocenters. The van der Waals surface area contributed by atoms with Crippen LogP contribution in [0.2, 0.25) is 0 Å². The molecule has 0 saturated carbocycles. The number of methoxy groups -OCH3 is 1. The minimum Gasteiger partial charge on any atom is -0.385 e. The van der Waals surface area contributed by atoms with Gasteiger partial charge in [-0.3, -0.25) is 18.9 Å². The van der Waals surface area contributed by atoms with Gasteiger partial charge in [-0.05, 0) is 36.6 Å². The van der Waals surface area contributed by atoms with Crippen LogP contribution in [-0.4, -0.2) is 51.3 Å². The van der Waals surface area contributed by atoms with Crippen molar-refractivity contribution in [3.63, 3.8) is 0 Å². The van der Waals surface area contributed by atoms with Gasteiger partial charge in [-0.25, -0.2) is 4.98 Å². The Morgan fingerprint density at radius 2 is 1.94 bits per heavy atom. The lowest BCUT2D eigenvalue weighted by molar-refractivity contribution is -0.122. The molecule has 3 heterocycles. The van der Waals surface area contributed by atoms with Crippen molar-refractivity contribution in [2.75, 3.05) is 32.1 Å². The molecule has 1 saturated heterocycles. The van der Waals surface area contributed by atoms with Crippen molar-refractivity contribution in [1.82, 2.24) is 14.3 Å². The third-order valence-corrected chi connectivity index (χ3v) is 6.58. The van der Waals surface area contributed by atoms with Gasteiger partial charge >= 0.3 is 0 Å². The van der Waals surface area contributed by atoms with E-state index in [9.17, 15) is 9.59 Å². The molecule has 0 unspecified atom stereocenters. The van der Waals surface area contributed by atoms with Crippen LogP contribution in [0.5, 0.6) is 0 Å².